The number of unbranched alkanes of at least 4 members (excludes halogenated alkanes) is 2. The molecule has 1 aliphatic heterocycles. The summed E-state index contributed by atoms with van der Waals surface area (Å²) in [5.41, 5.74) is 2.13. The number of hydrogen-bond acceptors (Lipinski definition) is 2. The van der Waals surface area contributed by atoms with Crippen LogP contribution >= 0.6 is 15.9 Å². The van der Waals surface area contributed by atoms with Crippen LogP contribution in [0, 0.1) is 0 Å². The molecule has 1 aromatic carbocycles. The first kappa shape index (κ1) is 14.1. The van der Waals surface area contributed by atoms with Gasteiger partial charge in [-0.25, -0.2) is 0 Å². The summed E-state index contributed by atoms with van der Waals surface area (Å²) in [5, 5.41) is 10.0. The number of alkyl halides is 1. The first-order valence-electron chi connectivity index (χ1n) is 6.77. The summed E-state index contributed by atoms with van der Waals surface area (Å²) in [6.45, 7) is 2.21. The zero-order valence-corrected chi connectivity index (χ0v) is 12.4. The number of halogens is 1. The topological polar surface area (TPSA) is 29.5 Å². The summed E-state index contributed by atoms with van der Waals surface area (Å²) in [4.78, 5) is 0.326. The Morgan fingerprint density at radius 1 is 1.44 bits per heavy atom. The van der Waals surface area contributed by atoms with Crippen LogP contribution in [0.25, 0.3) is 0 Å². The Labute approximate surface area is 118 Å². The molecule has 1 heterocycles. The lowest BCUT2D eigenvalue weighted by Gasteiger charge is -2.30. The van der Waals surface area contributed by atoms with Gasteiger partial charge in [0.15, 0.2) is 0 Å². The molecule has 0 unspecified atom stereocenters. The maximum absolute atomic E-state index is 10.0. The van der Waals surface area contributed by atoms with Crippen LogP contribution in [0.5, 0.6) is 0 Å². The summed E-state index contributed by atoms with van der Waals surface area (Å²) < 4.78 is 5.71. The standard InChI is InChI=1S/C14H20BBrO2/c1-2-3-4-9-13(16)14-10-11-7-5-6-8-12(11)15(17)18-14/h5-8,13-14,17H,2-4,9-10H2,1H3/t13-,14+/m0/s1. The van der Waals surface area contributed by atoms with Crippen LogP contribution in [0.3, 0.4) is 0 Å². The minimum atomic E-state index is -0.772. The third-order valence-corrected chi connectivity index (χ3v) is 4.58. The van der Waals surface area contributed by atoms with E-state index in [4.69, 9.17) is 4.65 Å². The Hall–Kier alpha value is -0.315. The first-order chi connectivity index (χ1) is 8.72. The van der Waals surface area contributed by atoms with Gasteiger partial charge in [0.25, 0.3) is 0 Å². The molecule has 0 radical (unpaired) electrons. The van der Waals surface area contributed by atoms with Gasteiger partial charge < -0.3 is 9.68 Å². The molecule has 0 spiro atoms. The molecule has 0 amide bonds. The van der Waals surface area contributed by atoms with E-state index in [-0.39, 0.29) is 6.10 Å². The average Bonchev–Trinajstić information content (AvgIpc) is 2.39. The van der Waals surface area contributed by atoms with Gasteiger partial charge in [0.1, 0.15) is 0 Å². The van der Waals surface area contributed by atoms with Crippen molar-refractivity contribution in [3.63, 3.8) is 0 Å². The summed E-state index contributed by atoms with van der Waals surface area (Å²) in [6.07, 6.45) is 5.77. The molecule has 1 aromatic rings. The third kappa shape index (κ3) is 3.37. The molecule has 0 fully saturated rings. The second-order valence-corrected chi connectivity index (χ2v) is 6.12. The van der Waals surface area contributed by atoms with Gasteiger partial charge in [0, 0.05) is 4.83 Å². The molecule has 0 aromatic heterocycles. The van der Waals surface area contributed by atoms with Crippen LogP contribution < -0.4 is 5.46 Å². The van der Waals surface area contributed by atoms with Crippen molar-refractivity contribution in [2.45, 2.75) is 50.0 Å². The highest BCUT2D eigenvalue weighted by Gasteiger charge is 2.33. The zero-order chi connectivity index (χ0) is 13.0. The van der Waals surface area contributed by atoms with E-state index in [1.165, 1.54) is 24.8 Å². The molecular weight excluding hydrogens is 291 g/mol. The van der Waals surface area contributed by atoms with E-state index in [9.17, 15) is 5.02 Å². The summed E-state index contributed by atoms with van der Waals surface area (Å²) in [7, 11) is -0.772. The second kappa shape index (κ2) is 6.74. The van der Waals surface area contributed by atoms with E-state index in [1.54, 1.807) is 0 Å². The molecule has 0 saturated carbocycles. The largest absolute Gasteiger partial charge is 0.491 e. The van der Waals surface area contributed by atoms with Crippen molar-refractivity contribution in [2.75, 3.05) is 0 Å². The van der Waals surface area contributed by atoms with Crippen molar-refractivity contribution < 1.29 is 9.68 Å². The smallest absolute Gasteiger partial charge is 0.423 e. The van der Waals surface area contributed by atoms with E-state index < -0.39 is 7.12 Å². The highest BCUT2D eigenvalue weighted by molar-refractivity contribution is 9.09. The summed E-state index contributed by atoms with van der Waals surface area (Å²) >= 11 is 3.71. The monoisotopic (exact) mass is 310 g/mol. The Morgan fingerprint density at radius 3 is 3.00 bits per heavy atom. The van der Waals surface area contributed by atoms with Gasteiger partial charge in [-0.3, -0.25) is 0 Å². The predicted molar refractivity (Wildman–Crippen MR) is 79.5 cm³/mol. The van der Waals surface area contributed by atoms with E-state index in [1.807, 2.05) is 18.2 Å². The lowest BCUT2D eigenvalue weighted by Crippen LogP contribution is -2.48. The Bertz CT molecular complexity index is 386. The van der Waals surface area contributed by atoms with Crippen molar-refractivity contribution in [1.29, 1.82) is 0 Å². The third-order valence-electron chi connectivity index (χ3n) is 3.53. The molecule has 1 aliphatic rings. The molecule has 1 N–H and O–H groups in total. The quantitative estimate of drug-likeness (QED) is 0.515. The van der Waals surface area contributed by atoms with Crippen molar-refractivity contribution in [3.05, 3.63) is 29.8 Å². The predicted octanol–water partition coefficient (Wildman–Crippen LogP) is 2.66. The molecule has 2 rings (SSSR count). The van der Waals surface area contributed by atoms with Gasteiger partial charge in [0.05, 0.1) is 6.10 Å². The van der Waals surface area contributed by atoms with Crippen LogP contribution in [0.4, 0.5) is 0 Å². The van der Waals surface area contributed by atoms with Crippen LogP contribution in [-0.4, -0.2) is 23.1 Å². The van der Waals surface area contributed by atoms with Crippen LogP contribution in [-0.2, 0) is 11.1 Å². The van der Waals surface area contributed by atoms with Crippen LogP contribution in [0.1, 0.15) is 38.2 Å². The molecule has 0 aliphatic carbocycles. The fourth-order valence-electron chi connectivity index (χ4n) is 2.45. The number of rotatable bonds is 5. The maximum atomic E-state index is 10.0. The lowest BCUT2D eigenvalue weighted by molar-refractivity contribution is 0.161. The normalized spacial score (nSPS) is 20.6. The molecule has 2 nitrogen and oxygen atoms in total. The van der Waals surface area contributed by atoms with E-state index >= 15 is 0 Å². The Balaban J connectivity index is 1.97. The molecule has 98 valence electrons. The van der Waals surface area contributed by atoms with Crippen molar-refractivity contribution in [3.8, 4) is 0 Å². The average molecular weight is 311 g/mol. The van der Waals surface area contributed by atoms with Crippen molar-refractivity contribution in [2.24, 2.45) is 0 Å². The Kier molecular flexibility index (Phi) is 5.28. The fraction of sp³-hybridized carbons (Fsp3) is 0.571. The van der Waals surface area contributed by atoms with E-state index in [0.29, 0.717) is 4.83 Å². The van der Waals surface area contributed by atoms with Gasteiger partial charge in [-0.15, -0.1) is 0 Å². The summed E-state index contributed by atoms with van der Waals surface area (Å²) in [5.74, 6) is 0. The fourth-order valence-corrected chi connectivity index (χ4v) is 3.09. The molecule has 0 bridgehead atoms. The Morgan fingerprint density at radius 2 is 2.22 bits per heavy atom. The number of benzene rings is 1. The highest BCUT2D eigenvalue weighted by Crippen LogP contribution is 2.23. The van der Waals surface area contributed by atoms with Gasteiger partial charge >= 0.3 is 7.12 Å². The minimum Gasteiger partial charge on any atom is -0.423 e. The maximum Gasteiger partial charge on any atom is 0.491 e. The molecular formula is C14H20BBrO2. The number of hydrogen-bond donors (Lipinski definition) is 1. The second-order valence-electron chi connectivity index (χ2n) is 4.94. The van der Waals surface area contributed by atoms with Gasteiger partial charge in [-0.05, 0) is 23.9 Å². The van der Waals surface area contributed by atoms with Gasteiger partial charge in [-0.1, -0.05) is 66.4 Å². The zero-order valence-electron chi connectivity index (χ0n) is 10.8. The van der Waals surface area contributed by atoms with Crippen molar-refractivity contribution >= 4 is 28.5 Å². The lowest BCUT2D eigenvalue weighted by atomic mass is 9.72. The van der Waals surface area contributed by atoms with Crippen molar-refractivity contribution in [1.82, 2.24) is 0 Å². The van der Waals surface area contributed by atoms with Gasteiger partial charge in [0.2, 0.25) is 0 Å². The number of fused-ring (bicyclic) bond motifs is 1. The first-order valence-corrected chi connectivity index (χ1v) is 7.69. The van der Waals surface area contributed by atoms with E-state index in [2.05, 4.69) is 28.9 Å². The molecule has 4 heteroatoms. The SMILES string of the molecule is CCCCC[C@H](Br)[C@H]1Cc2ccccc2B(O)O1. The van der Waals surface area contributed by atoms with Crippen LogP contribution in [0.15, 0.2) is 24.3 Å². The minimum absolute atomic E-state index is 0.0757. The molecule has 18 heavy (non-hydrogen) atoms. The molecule has 2 atom stereocenters. The highest BCUT2D eigenvalue weighted by atomic mass is 79.9. The molecule has 0 saturated heterocycles. The van der Waals surface area contributed by atoms with Crippen LogP contribution in [0.2, 0.25) is 0 Å². The van der Waals surface area contributed by atoms with Gasteiger partial charge in [-0.2, -0.15) is 0 Å². The van der Waals surface area contributed by atoms with E-state index in [0.717, 1.165) is 18.3 Å². The summed E-state index contributed by atoms with van der Waals surface area (Å²) in [6, 6.07) is 7.99.